The quantitative estimate of drug-likeness (QED) is 0.694. The van der Waals surface area contributed by atoms with E-state index in [9.17, 15) is 9.59 Å². The number of aryl methyl sites for hydroxylation is 1. The van der Waals surface area contributed by atoms with Gasteiger partial charge in [-0.1, -0.05) is 45.8 Å². The molecule has 0 radical (unpaired) electrons. The number of hydrogen-bond acceptors (Lipinski definition) is 4. The van der Waals surface area contributed by atoms with Gasteiger partial charge in [0.1, 0.15) is 5.75 Å². The summed E-state index contributed by atoms with van der Waals surface area (Å²) in [5.74, 6) is -0.189. The van der Waals surface area contributed by atoms with Gasteiger partial charge in [0, 0.05) is 10.0 Å². The number of amides is 1. The fourth-order valence-electron chi connectivity index (χ4n) is 2.52. The van der Waals surface area contributed by atoms with Crippen LogP contribution in [0.3, 0.4) is 0 Å². The first-order valence-corrected chi connectivity index (χ1v) is 9.02. The van der Waals surface area contributed by atoms with Crippen molar-refractivity contribution in [1.29, 1.82) is 0 Å². The van der Waals surface area contributed by atoms with Gasteiger partial charge >= 0.3 is 5.97 Å². The van der Waals surface area contributed by atoms with E-state index in [1.165, 1.54) is 0 Å². The van der Waals surface area contributed by atoms with Gasteiger partial charge in [-0.3, -0.25) is 9.59 Å². The van der Waals surface area contributed by atoms with E-state index in [1.807, 2.05) is 56.3 Å². The largest absolute Gasteiger partial charge is 0.496 e. The van der Waals surface area contributed by atoms with Gasteiger partial charge in [0.15, 0.2) is 6.61 Å². The summed E-state index contributed by atoms with van der Waals surface area (Å²) in [7, 11) is 1.55. The summed E-state index contributed by atoms with van der Waals surface area (Å²) in [5, 5.41) is 2.81. The van der Waals surface area contributed by atoms with Crippen LogP contribution in [-0.2, 0) is 20.7 Å². The van der Waals surface area contributed by atoms with Crippen LogP contribution in [0.5, 0.6) is 5.75 Å². The third-order valence-corrected chi connectivity index (χ3v) is 4.41. The first kappa shape index (κ1) is 20.0. The van der Waals surface area contributed by atoms with E-state index in [0.29, 0.717) is 5.75 Å². The van der Waals surface area contributed by atoms with E-state index in [-0.39, 0.29) is 25.0 Å². The molecule has 1 amide bonds. The lowest BCUT2D eigenvalue weighted by Gasteiger charge is -2.15. The SMILES string of the molecule is COc1ccc(C)cc1CC(=O)OCC(=O)N[C@H](C)c1ccc(Br)cc1. The van der Waals surface area contributed by atoms with Gasteiger partial charge in [0.05, 0.1) is 19.6 Å². The van der Waals surface area contributed by atoms with Gasteiger partial charge in [0.2, 0.25) is 0 Å². The Morgan fingerprint density at radius 2 is 1.85 bits per heavy atom. The van der Waals surface area contributed by atoms with Crippen molar-refractivity contribution >= 4 is 27.8 Å². The van der Waals surface area contributed by atoms with Gasteiger partial charge in [-0.15, -0.1) is 0 Å². The number of hydrogen-bond donors (Lipinski definition) is 1. The van der Waals surface area contributed by atoms with E-state index in [0.717, 1.165) is 21.2 Å². The summed E-state index contributed by atoms with van der Waals surface area (Å²) in [6.45, 7) is 3.50. The van der Waals surface area contributed by atoms with Crippen LogP contribution in [0.15, 0.2) is 46.9 Å². The maximum Gasteiger partial charge on any atom is 0.310 e. The second-order valence-electron chi connectivity index (χ2n) is 5.99. The Bertz CT molecular complexity index is 774. The zero-order chi connectivity index (χ0) is 19.1. The molecule has 0 spiro atoms. The lowest BCUT2D eigenvalue weighted by molar-refractivity contribution is -0.148. The molecule has 1 N–H and O–H groups in total. The predicted octanol–water partition coefficient (Wildman–Crippen LogP) is 3.73. The molecule has 0 aliphatic heterocycles. The Hall–Kier alpha value is -2.34. The number of ether oxygens (including phenoxy) is 2. The van der Waals surface area contributed by atoms with Gasteiger partial charge in [-0.2, -0.15) is 0 Å². The minimum atomic E-state index is -0.472. The maximum atomic E-state index is 12.0. The average Bonchev–Trinajstić information content (AvgIpc) is 2.60. The highest BCUT2D eigenvalue weighted by Crippen LogP contribution is 2.20. The van der Waals surface area contributed by atoms with Crippen LogP contribution >= 0.6 is 15.9 Å². The summed E-state index contributed by atoms with van der Waals surface area (Å²) in [5.41, 5.74) is 2.73. The zero-order valence-corrected chi connectivity index (χ0v) is 16.6. The predicted molar refractivity (Wildman–Crippen MR) is 103 cm³/mol. The molecule has 0 aromatic heterocycles. The fourth-order valence-corrected chi connectivity index (χ4v) is 2.78. The fraction of sp³-hybridized carbons (Fsp3) is 0.300. The topological polar surface area (TPSA) is 64.6 Å². The van der Waals surface area contributed by atoms with Gasteiger partial charge < -0.3 is 14.8 Å². The molecule has 0 saturated carbocycles. The smallest absolute Gasteiger partial charge is 0.310 e. The van der Waals surface area contributed by atoms with E-state index in [1.54, 1.807) is 7.11 Å². The first-order chi connectivity index (χ1) is 12.4. The van der Waals surface area contributed by atoms with E-state index in [2.05, 4.69) is 21.2 Å². The summed E-state index contributed by atoms with van der Waals surface area (Å²) in [6.07, 6.45) is 0.0560. The van der Waals surface area contributed by atoms with Crippen LogP contribution in [0.1, 0.15) is 29.7 Å². The number of rotatable bonds is 7. The highest BCUT2D eigenvalue weighted by Gasteiger charge is 2.14. The highest BCUT2D eigenvalue weighted by atomic mass is 79.9. The van der Waals surface area contributed by atoms with Crippen LogP contribution < -0.4 is 10.1 Å². The third kappa shape index (κ3) is 5.88. The van der Waals surface area contributed by atoms with Crippen LogP contribution in [-0.4, -0.2) is 25.6 Å². The number of halogens is 1. The molecule has 6 heteroatoms. The molecule has 5 nitrogen and oxygen atoms in total. The Morgan fingerprint density at radius 3 is 2.50 bits per heavy atom. The van der Waals surface area contributed by atoms with Crippen LogP contribution in [0.4, 0.5) is 0 Å². The Morgan fingerprint density at radius 1 is 1.15 bits per heavy atom. The molecule has 0 heterocycles. The molecule has 2 aromatic carbocycles. The molecule has 0 unspecified atom stereocenters. The number of carbonyl (C=O) groups is 2. The highest BCUT2D eigenvalue weighted by molar-refractivity contribution is 9.10. The number of carbonyl (C=O) groups excluding carboxylic acids is 2. The van der Waals surface area contributed by atoms with E-state index >= 15 is 0 Å². The van der Waals surface area contributed by atoms with Crippen molar-refractivity contribution < 1.29 is 19.1 Å². The third-order valence-electron chi connectivity index (χ3n) is 3.88. The minimum Gasteiger partial charge on any atom is -0.496 e. The molecular weight excluding hydrogens is 398 g/mol. The maximum absolute atomic E-state index is 12.0. The molecular formula is C20H22BrNO4. The second-order valence-corrected chi connectivity index (χ2v) is 6.91. The summed E-state index contributed by atoms with van der Waals surface area (Å²) in [4.78, 5) is 24.0. The van der Waals surface area contributed by atoms with Crippen LogP contribution in [0, 0.1) is 6.92 Å². The zero-order valence-electron chi connectivity index (χ0n) is 15.0. The van der Waals surface area contributed by atoms with E-state index < -0.39 is 5.97 Å². The Balaban J connectivity index is 1.84. The van der Waals surface area contributed by atoms with Gasteiger partial charge in [0.25, 0.3) is 5.91 Å². The standard InChI is InChI=1S/C20H22BrNO4/c1-13-4-9-18(25-3)16(10-13)11-20(24)26-12-19(23)22-14(2)15-5-7-17(21)8-6-15/h4-10,14H,11-12H2,1-3H3,(H,22,23)/t14-/m1/s1. The number of methoxy groups -OCH3 is 1. The molecule has 0 aliphatic carbocycles. The molecule has 1 atom stereocenters. The normalized spacial score (nSPS) is 11.5. The molecule has 138 valence electrons. The summed E-state index contributed by atoms with van der Waals surface area (Å²) >= 11 is 3.37. The monoisotopic (exact) mass is 419 g/mol. The Labute approximate surface area is 161 Å². The molecule has 0 bridgehead atoms. The summed E-state index contributed by atoms with van der Waals surface area (Å²) in [6, 6.07) is 13.1. The van der Waals surface area contributed by atoms with Crippen molar-refractivity contribution in [2.45, 2.75) is 26.3 Å². The van der Waals surface area contributed by atoms with Crippen molar-refractivity contribution in [3.8, 4) is 5.75 Å². The number of benzene rings is 2. The Kier molecular flexibility index (Phi) is 7.21. The van der Waals surface area contributed by atoms with Crippen molar-refractivity contribution in [2.24, 2.45) is 0 Å². The van der Waals surface area contributed by atoms with Gasteiger partial charge in [-0.05, 0) is 37.6 Å². The lowest BCUT2D eigenvalue weighted by atomic mass is 10.1. The molecule has 0 saturated heterocycles. The first-order valence-electron chi connectivity index (χ1n) is 8.23. The van der Waals surface area contributed by atoms with Crippen molar-refractivity contribution in [1.82, 2.24) is 5.32 Å². The van der Waals surface area contributed by atoms with Crippen molar-refractivity contribution in [3.63, 3.8) is 0 Å². The lowest BCUT2D eigenvalue weighted by Crippen LogP contribution is -2.31. The average molecular weight is 420 g/mol. The summed E-state index contributed by atoms with van der Waals surface area (Å²) < 4.78 is 11.3. The van der Waals surface area contributed by atoms with Gasteiger partial charge in [-0.25, -0.2) is 0 Å². The molecule has 0 aliphatic rings. The molecule has 0 fully saturated rings. The van der Waals surface area contributed by atoms with Crippen molar-refractivity contribution in [2.75, 3.05) is 13.7 Å². The molecule has 2 rings (SSSR count). The molecule has 26 heavy (non-hydrogen) atoms. The number of nitrogens with one attached hydrogen (secondary N) is 1. The minimum absolute atomic E-state index is 0.0560. The van der Waals surface area contributed by atoms with Crippen LogP contribution in [0.25, 0.3) is 0 Å². The molecule has 2 aromatic rings. The van der Waals surface area contributed by atoms with Crippen molar-refractivity contribution in [3.05, 3.63) is 63.6 Å². The second kappa shape index (κ2) is 9.38. The number of esters is 1. The van der Waals surface area contributed by atoms with Crippen LogP contribution in [0.2, 0.25) is 0 Å². The van der Waals surface area contributed by atoms with E-state index in [4.69, 9.17) is 9.47 Å².